The van der Waals surface area contributed by atoms with Crippen molar-refractivity contribution in [1.29, 1.82) is 0 Å². The van der Waals surface area contributed by atoms with E-state index in [0.29, 0.717) is 18.6 Å². The van der Waals surface area contributed by atoms with Crippen molar-refractivity contribution in [2.45, 2.75) is 179 Å². The molecular formula is C37H65NO12. The molecule has 13 nitrogen and oxygen atoms in total. The predicted molar refractivity (Wildman–Crippen MR) is 184 cm³/mol. The summed E-state index contributed by atoms with van der Waals surface area (Å²) in [5, 5.41) is 45.9. The Bertz CT molecular complexity index is 1210. The van der Waals surface area contributed by atoms with Crippen LogP contribution in [0.2, 0.25) is 0 Å². The fourth-order valence-corrected chi connectivity index (χ4v) is 8.73. The number of cyclic esters (lactones) is 1. The highest BCUT2D eigenvalue weighted by Gasteiger charge is 2.56. The highest BCUT2D eigenvalue weighted by molar-refractivity contribution is 5.73. The first-order valence-corrected chi connectivity index (χ1v) is 18.3. The average Bonchev–Trinajstić information content (AvgIpc) is 3.37. The van der Waals surface area contributed by atoms with Crippen molar-refractivity contribution in [3.63, 3.8) is 0 Å². The van der Waals surface area contributed by atoms with E-state index in [1.165, 1.54) is 14.0 Å². The first kappa shape index (κ1) is 41.4. The SMILES string of the molecule is CC[C@H]1OC(=O)[C@H](C)C(OC2CC(C)(OC)C(O)[C@H](C)O2)[C@H](C)C(OC2O[C@H](C)CC(N(C)C)C2O)C2(C)CC(C)=C(O2)C(C)C(O)C1(C)O. The summed E-state index contributed by atoms with van der Waals surface area (Å²) < 4.78 is 44.6. The lowest BCUT2D eigenvalue weighted by atomic mass is 9.78. The predicted octanol–water partition coefficient (Wildman–Crippen LogP) is 2.89. The molecule has 0 amide bonds. The maximum absolute atomic E-state index is 14.1. The van der Waals surface area contributed by atoms with Gasteiger partial charge in [-0.05, 0) is 81.0 Å². The van der Waals surface area contributed by atoms with Gasteiger partial charge in [0.05, 0.1) is 35.9 Å². The summed E-state index contributed by atoms with van der Waals surface area (Å²) in [5.74, 6) is -2.31. The van der Waals surface area contributed by atoms with Crippen molar-refractivity contribution in [1.82, 2.24) is 4.90 Å². The van der Waals surface area contributed by atoms with Gasteiger partial charge in [-0.1, -0.05) is 20.8 Å². The number of methoxy groups -OCH3 is 1. The molecule has 13 heteroatoms. The first-order chi connectivity index (χ1) is 23.1. The summed E-state index contributed by atoms with van der Waals surface area (Å²) in [6.07, 6.45) is -7.39. The molecule has 50 heavy (non-hydrogen) atoms. The number of hydrogen-bond donors (Lipinski definition) is 4. The first-order valence-electron chi connectivity index (χ1n) is 18.3. The van der Waals surface area contributed by atoms with Gasteiger partial charge in [-0.15, -0.1) is 0 Å². The molecule has 4 aliphatic rings. The topological polar surface area (TPSA) is 166 Å². The molecule has 3 fully saturated rings. The van der Waals surface area contributed by atoms with Crippen LogP contribution in [0.5, 0.6) is 0 Å². The van der Waals surface area contributed by atoms with Gasteiger partial charge < -0.3 is 58.5 Å². The third-order valence-electron chi connectivity index (χ3n) is 12.0. The van der Waals surface area contributed by atoms with Gasteiger partial charge in [0.1, 0.15) is 41.4 Å². The van der Waals surface area contributed by atoms with Gasteiger partial charge in [-0.2, -0.15) is 0 Å². The minimum atomic E-state index is -1.82. The second-order valence-corrected chi connectivity index (χ2v) is 16.3. The quantitative estimate of drug-likeness (QED) is 0.285. The van der Waals surface area contributed by atoms with Crippen molar-refractivity contribution in [3.8, 4) is 0 Å². The fourth-order valence-electron chi connectivity index (χ4n) is 8.73. The van der Waals surface area contributed by atoms with Gasteiger partial charge in [-0.25, -0.2) is 0 Å². The number of likely N-dealkylation sites (N-methyl/N-ethyl adjacent to an activating group) is 1. The number of carbonyl (C=O) groups is 1. The second kappa shape index (κ2) is 15.5. The molecule has 0 spiro atoms. The molecule has 4 aliphatic heterocycles. The Kier molecular flexibility index (Phi) is 12.8. The van der Waals surface area contributed by atoms with E-state index in [-0.39, 0.29) is 25.0 Å². The summed E-state index contributed by atoms with van der Waals surface area (Å²) >= 11 is 0. The van der Waals surface area contributed by atoms with Crippen LogP contribution >= 0.6 is 0 Å². The number of rotatable bonds is 7. The van der Waals surface area contributed by atoms with Gasteiger partial charge in [0.15, 0.2) is 12.6 Å². The minimum Gasteiger partial charge on any atom is -0.489 e. The molecule has 0 aliphatic carbocycles. The van der Waals surface area contributed by atoms with Crippen LogP contribution in [0.1, 0.15) is 94.9 Å². The van der Waals surface area contributed by atoms with Gasteiger partial charge in [0.25, 0.3) is 0 Å². The van der Waals surface area contributed by atoms with E-state index in [9.17, 15) is 25.2 Å². The van der Waals surface area contributed by atoms with Gasteiger partial charge in [0, 0.05) is 37.8 Å². The van der Waals surface area contributed by atoms with E-state index in [0.717, 1.165) is 5.57 Å². The molecule has 2 bridgehead atoms. The molecule has 3 saturated heterocycles. The number of ether oxygens (including phenoxy) is 7. The van der Waals surface area contributed by atoms with Crippen LogP contribution in [0.25, 0.3) is 0 Å². The zero-order valence-electron chi connectivity index (χ0n) is 32.4. The molecule has 0 aromatic heterocycles. The summed E-state index contributed by atoms with van der Waals surface area (Å²) in [6.45, 7) is 18.0. The van der Waals surface area contributed by atoms with Gasteiger partial charge in [-0.3, -0.25) is 4.79 Å². The van der Waals surface area contributed by atoms with Crippen LogP contribution in [0.4, 0.5) is 0 Å². The van der Waals surface area contributed by atoms with Crippen LogP contribution in [0.15, 0.2) is 11.3 Å². The summed E-state index contributed by atoms with van der Waals surface area (Å²) in [4.78, 5) is 16.1. The normalized spacial score (nSPS) is 49.5. The Morgan fingerprint density at radius 1 is 0.960 bits per heavy atom. The molecule has 4 N–H and O–H groups in total. The highest BCUT2D eigenvalue weighted by atomic mass is 16.7. The van der Waals surface area contributed by atoms with Gasteiger partial charge >= 0.3 is 5.97 Å². The number of aliphatic hydroxyl groups is 4. The zero-order chi connectivity index (χ0) is 37.7. The van der Waals surface area contributed by atoms with Crippen LogP contribution in [0.3, 0.4) is 0 Å². The molecule has 0 radical (unpaired) electrons. The van der Waals surface area contributed by atoms with Crippen LogP contribution in [-0.4, -0.2) is 137 Å². The molecule has 0 aromatic carbocycles. The molecule has 12 unspecified atom stereocenters. The van der Waals surface area contributed by atoms with Crippen LogP contribution in [-0.2, 0) is 38.0 Å². The van der Waals surface area contributed by atoms with Crippen LogP contribution in [0, 0.1) is 17.8 Å². The third kappa shape index (κ3) is 7.93. The lowest BCUT2D eigenvalue weighted by Gasteiger charge is -2.48. The summed E-state index contributed by atoms with van der Waals surface area (Å²) in [6, 6.07) is -0.235. The number of nitrogens with zero attached hydrogens (tertiary/aromatic N) is 1. The van der Waals surface area contributed by atoms with E-state index in [2.05, 4.69) is 0 Å². The van der Waals surface area contributed by atoms with Crippen molar-refractivity contribution in [2.75, 3.05) is 21.2 Å². The number of aliphatic hydroxyl groups excluding tert-OH is 3. The summed E-state index contributed by atoms with van der Waals surface area (Å²) in [5.41, 5.74) is -3.00. The van der Waals surface area contributed by atoms with Crippen molar-refractivity contribution in [3.05, 3.63) is 11.3 Å². The van der Waals surface area contributed by atoms with Crippen LogP contribution < -0.4 is 0 Å². The Hall–Kier alpha value is -1.39. The van der Waals surface area contributed by atoms with E-state index in [4.69, 9.17) is 33.2 Å². The van der Waals surface area contributed by atoms with Crippen molar-refractivity contribution in [2.24, 2.45) is 17.8 Å². The number of carbonyl (C=O) groups excluding carboxylic acids is 1. The maximum atomic E-state index is 14.1. The van der Waals surface area contributed by atoms with Crippen molar-refractivity contribution >= 4 is 5.97 Å². The second-order valence-electron chi connectivity index (χ2n) is 16.3. The lowest BCUT2D eigenvalue weighted by Crippen LogP contribution is -2.60. The average molecular weight is 716 g/mol. The molecule has 17 atom stereocenters. The van der Waals surface area contributed by atoms with Gasteiger partial charge in [0.2, 0.25) is 0 Å². The molecule has 290 valence electrons. The van der Waals surface area contributed by atoms with E-state index >= 15 is 0 Å². The Morgan fingerprint density at radius 2 is 1.60 bits per heavy atom. The number of esters is 1. The van der Waals surface area contributed by atoms with E-state index < -0.39 is 95.8 Å². The Morgan fingerprint density at radius 3 is 2.18 bits per heavy atom. The third-order valence-corrected chi connectivity index (χ3v) is 12.0. The molecule has 0 saturated carbocycles. The Labute approximate surface area is 298 Å². The molecule has 4 rings (SSSR count). The molecule has 0 aromatic rings. The zero-order valence-corrected chi connectivity index (χ0v) is 32.4. The Balaban J connectivity index is 1.84. The monoisotopic (exact) mass is 715 g/mol. The number of fused-ring (bicyclic) bond motifs is 2. The molecule has 4 heterocycles. The fraction of sp³-hybridized carbons (Fsp3) is 0.919. The number of hydrogen-bond acceptors (Lipinski definition) is 13. The van der Waals surface area contributed by atoms with E-state index in [1.807, 2.05) is 46.7 Å². The highest BCUT2D eigenvalue weighted by Crippen LogP contribution is 2.47. The maximum Gasteiger partial charge on any atom is 0.311 e. The largest absolute Gasteiger partial charge is 0.489 e. The van der Waals surface area contributed by atoms with Crippen molar-refractivity contribution < 1.29 is 58.4 Å². The smallest absolute Gasteiger partial charge is 0.311 e. The lowest BCUT2D eigenvalue weighted by molar-refractivity contribution is -0.316. The summed E-state index contributed by atoms with van der Waals surface area (Å²) in [7, 11) is 5.34. The van der Waals surface area contributed by atoms with E-state index in [1.54, 1.807) is 34.6 Å². The standard InChI is InChI=1S/C37H65NO12/c1-14-25-37(10,43)30(40)20(4)28-18(2)16-36(9,50-28)32(49-34-27(39)24(38(11)12)15-19(3)45-34)21(5)29(22(6)33(42)47-25)48-26-17-35(8,44-13)31(41)23(7)46-26/h19-27,29-32,34,39-41,43H,14-17H2,1-13H3/t19-,20?,21+,22-,23+,24?,25-,26?,27?,29?,30?,31?,32?,34?,35?,36?,37?/m1/s1. The molecular weight excluding hydrogens is 650 g/mol. The minimum absolute atomic E-state index is 0.173.